The second-order valence-electron chi connectivity index (χ2n) is 5.89. The monoisotopic (exact) mass is 308 g/mol. The van der Waals surface area contributed by atoms with Crippen LogP contribution in [0, 0.1) is 0 Å². The number of nitrogens with one attached hydrogen (secondary N) is 1. The van der Waals surface area contributed by atoms with Crippen LogP contribution in [0.3, 0.4) is 0 Å². The Bertz CT molecular complexity index is 760. The summed E-state index contributed by atoms with van der Waals surface area (Å²) in [5, 5.41) is 4.55. The van der Waals surface area contributed by atoms with E-state index in [1.807, 2.05) is 24.3 Å². The van der Waals surface area contributed by atoms with E-state index in [0.29, 0.717) is 0 Å². The van der Waals surface area contributed by atoms with E-state index in [-0.39, 0.29) is 6.04 Å². The van der Waals surface area contributed by atoms with E-state index in [2.05, 4.69) is 32.3 Å². The number of likely N-dealkylation sites (tertiary alicyclic amines) is 1. The summed E-state index contributed by atoms with van der Waals surface area (Å²) in [7, 11) is 0. The van der Waals surface area contributed by atoms with Crippen molar-refractivity contribution in [2.45, 2.75) is 18.9 Å². The molecule has 1 aliphatic rings. The molecule has 1 aromatic carbocycles. The molecular formula is C18H20N4O. The molecule has 5 heteroatoms. The van der Waals surface area contributed by atoms with Gasteiger partial charge in [0.05, 0.1) is 17.8 Å². The Morgan fingerprint density at radius 1 is 1.09 bits per heavy atom. The molecule has 1 fully saturated rings. The summed E-state index contributed by atoms with van der Waals surface area (Å²) in [6.07, 6.45) is 5.88. The lowest BCUT2D eigenvalue weighted by Crippen LogP contribution is -2.30. The molecule has 4 rings (SSSR count). The molecule has 5 nitrogen and oxygen atoms in total. The van der Waals surface area contributed by atoms with Gasteiger partial charge in [-0.25, -0.2) is 9.97 Å². The third-order valence-electron chi connectivity index (χ3n) is 4.46. The van der Waals surface area contributed by atoms with Gasteiger partial charge in [0.2, 0.25) is 0 Å². The topological polar surface area (TPSA) is 54.2 Å². The van der Waals surface area contributed by atoms with Crippen LogP contribution in [-0.4, -0.2) is 34.5 Å². The number of anilines is 1. The SMILES string of the molecule is c1coc([C@H](CNc2ncnc3ccccc23)N2CCCC2)c1. The second kappa shape index (κ2) is 6.38. The Hall–Kier alpha value is -2.40. The minimum absolute atomic E-state index is 0.237. The van der Waals surface area contributed by atoms with E-state index in [1.165, 1.54) is 12.8 Å². The van der Waals surface area contributed by atoms with E-state index in [1.54, 1.807) is 12.6 Å². The third-order valence-corrected chi connectivity index (χ3v) is 4.46. The Morgan fingerprint density at radius 3 is 2.78 bits per heavy atom. The van der Waals surface area contributed by atoms with Crippen LogP contribution < -0.4 is 5.32 Å². The maximum Gasteiger partial charge on any atom is 0.137 e. The number of hydrogen-bond acceptors (Lipinski definition) is 5. The number of nitrogens with zero attached hydrogens (tertiary/aromatic N) is 3. The largest absolute Gasteiger partial charge is 0.468 e. The van der Waals surface area contributed by atoms with E-state index in [4.69, 9.17) is 4.42 Å². The normalized spacial score (nSPS) is 16.7. The van der Waals surface area contributed by atoms with Crippen molar-refractivity contribution in [3.63, 3.8) is 0 Å². The Labute approximate surface area is 135 Å². The number of para-hydroxylation sites is 1. The Morgan fingerprint density at radius 2 is 1.96 bits per heavy atom. The molecule has 0 unspecified atom stereocenters. The zero-order valence-electron chi connectivity index (χ0n) is 13.0. The molecule has 1 atom stereocenters. The van der Waals surface area contributed by atoms with Crippen LogP contribution in [0.4, 0.5) is 5.82 Å². The molecule has 2 aromatic heterocycles. The summed E-state index contributed by atoms with van der Waals surface area (Å²) in [6, 6.07) is 12.3. The number of benzene rings is 1. The van der Waals surface area contributed by atoms with Gasteiger partial charge in [0.25, 0.3) is 0 Å². The summed E-state index contributed by atoms with van der Waals surface area (Å²) < 4.78 is 5.67. The molecule has 1 N–H and O–H groups in total. The minimum atomic E-state index is 0.237. The van der Waals surface area contributed by atoms with Gasteiger partial charge in [-0.3, -0.25) is 4.90 Å². The van der Waals surface area contributed by atoms with Crippen molar-refractivity contribution in [2.24, 2.45) is 0 Å². The molecule has 118 valence electrons. The average Bonchev–Trinajstić information content (AvgIpc) is 3.29. The van der Waals surface area contributed by atoms with Crippen LogP contribution in [-0.2, 0) is 0 Å². The first-order valence-corrected chi connectivity index (χ1v) is 8.13. The van der Waals surface area contributed by atoms with Gasteiger partial charge in [-0.15, -0.1) is 0 Å². The van der Waals surface area contributed by atoms with Crippen molar-refractivity contribution in [1.29, 1.82) is 0 Å². The molecule has 1 saturated heterocycles. The van der Waals surface area contributed by atoms with Crippen molar-refractivity contribution in [2.75, 3.05) is 25.0 Å². The van der Waals surface area contributed by atoms with Gasteiger partial charge in [0.15, 0.2) is 0 Å². The van der Waals surface area contributed by atoms with Gasteiger partial charge < -0.3 is 9.73 Å². The third kappa shape index (κ3) is 2.92. The fourth-order valence-corrected chi connectivity index (χ4v) is 3.28. The molecule has 0 saturated carbocycles. The summed E-state index contributed by atoms with van der Waals surface area (Å²) in [5.41, 5.74) is 0.959. The number of rotatable bonds is 5. The number of aromatic nitrogens is 2. The highest BCUT2D eigenvalue weighted by molar-refractivity contribution is 5.88. The number of hydrogen-bond donors (Lipinski definition) is 1. The maximum absolute atomic E-state index is 5.67. The predicted molar refractivity (Wildman–Crippen MR) is 90.3 cm³/mol. The van der Waals surface area contributed by atoms with Crippen LogP contribution in [0.2, 0.25) is 0 Å². The zero-order valence-corrected chi connectivity index (χ0v) is 13.0. The molecule has 0 bridgehead atoms. The van der Waals surface area contributed by atoms with E-state index >= 15 is 0 Å². The van der Waals surface area contributed by atoms with Crippen molar-refractivity contribution in [3.05, 3.63) is 54.7 Å². The standard InChI is InChI=1S/C18H20N4O/c1-2-7-15-14(6-1)18(21-13-20-15)19-12-16(17-8-5-11-23-17)22-9-3-4-10-22/h1-2,5-8,11,13,16H,3-4,9-10,12H2,(H,19,20,21)/t16-/m0/s1. The van der Waals surface area contributed by atoms with Crippen molar-refractivity contribution in [3.8, 4) is 0 Å². The molecule has 0 aliphatic carbocycles. The quantitative estimate of drug-likeness (QED) is 0.782. The van der Waals surface area contributed by atoms with Gasteiger partial charge in [-0.05, 0) is 50.2 Å². The van der Waals surface area contributed by atoms with Crippen molar-refractivity contribution >= 4 is 16.7 Å². The van der Waals surface area contributed by atoms with E-state index in [0.717, 1.165) is 42.1 Å². The highest BCUT2D eigenvalue weighted by Crippen LogP contribution is 2.27. The van der Waals surface area contributed by atoms with Crippen LogP contribution in [0.1, 0.15) is 24.6 Å². The number of furan rings is 1. The predicted octanol–water partition coefficient (Wildman–Crippen LogP) is 3.47. The maximum atomic E-state index is 5.67. The lowest BCUT2D eigenvalue weighted by atomic mass is 10.2. The van der Waals surface area contributed by atoms with E-state index < -0.39 is 0 Å². The first-order valence-electron chi connectivity index (χ1n) is 8.13. The van der Waals surface area contributed by atoms with Gasteiger partial charge >= 0.3 is 0 Å². The second-order valence-corrected chi connectivity index (χ2v) is 5.89. The highest BCUT2D eigenvalue weighted by Gasteiger charge is 2.25. The van der Waals surface area contributed by atoms with Crippen molar-refractivity contribution < 1.29 is 4.42 Å². The van der Waals surface area contributed by atoms with Crippen molar-refractivity contribution in [1.82, 2.24) is 14.9 Å². The fourth-order valence-electron chi connectivity index (χ4n) is 3.28. The Kier molecular flexibility index (Phi) is 3.94. The molecule has 0 amide bonds. The van der Waals surface area contributed by atoms with Crippen LogP contribution >= 0.6 is 0 Å². The summed E-state index contributed by atoms with van der Waals surface area (Å²) >= 11 is 0. The molecular weight excluding hydrogens is 288 g/mol. The summed E-state index contributed by atoms with van der Waals surface area (Å²) in [5.74, 6) is 1.89. The number of fused-ring (bicyclic) bond motifs is 1. The fraction of sp³-hybridized carbons (Fsp3) is 0.333. The van der Waals surface area contributed by atoms with Crippen LogP contribution in [0.5, 0.6) is 0 Å². The Balaban J connectivity index is 1.57. The smallest absolute Gasteiger partial charge is 0.137 e. The average molecular weight is 308 g/mol. The van der Waals surface area contributed by atoms with E-state index in [9.17, 15) is 0 Å². The lowest BCUT2D eigenvalue weighted by molar-refractivity contribution is 0.225. The van der Waals surface area contributed by atoms with Crippen LogP contribution in [0.25, 0.3) is 10.9 Å². The van der Waals surface area contributed by atoms with Gasteiger partial charge in [0, 0.05) is 11.9 Å². The zero-order chi connectivity index (χ0) is 15.5. The van der Waals surface area contributed by atoms with Gasteiger partial charge in [0.1, 0.15) is 17.9 Å². The minimum Gasteiger partial charge on any atom is -0.468 e. The first kappa shape index (κ1) is 14.2. The summed E-state index contributed by atoms with van der Waals surface area (Å²) in [6.45, 7) is 3.02. The summed E-state index contributed by atoms with van der Waals surface area (Å²) in [4.78, 5) is 11.2. The van der Waals surface area contributed by atoms with Crippen LogP contribution in [0.15, 0.2) is 53.4 Å². The molecule has 3 heterocycles. The highest BCUT2D eigenvalue weighted by atomic mass is 16.3. The lowest BCUT2D eigenvalue weighted by Gasteiger charge is -2.26. The molecule has 1 aliphatic heterocycles. The molecule has 3 aromatic rings. The van der Waals surface area contributed by atoms with Gasteiger partial charge in [-0.2, -0.15) is 0 Å². The van der Waals surface area contributed by atoms with Gasteiger partial charge in [-0.1, -0.05) is 12.1 Å². The molecule has 23 heavy (non-hydrogen) atoms. The first-order chi connectivity index (χ1) is 11.4. The molecule has 0 spiro atoms. The molecule has 0 radical (unpaired) electrons.